The molecule has 5 nitrogen and oxygen atoms in total. The van der Waals surface area contributed by atoms with Crippen LogP contribution in [0.2, 0.25) is 5.02 Å². The molecule has 0 atom stereocenters. The second kappa shape index (κ2) is 10.3. The predicted octanol–water partition coefficient (Wildman–Crippen LogP) is 4.65. The molecule has 1 aliphatic heterocycles. The molecule has 0 saturated carbocycles. The van der Waals surface area contributed by atoms with Crippen molar-refractivity contribution in [3.05, 3.63) is 53.1 Å². The summed E-state index contributed by atoms with van der Waals surface area (Å²) < 4.78 is 10.9. The Hall–Kier alpha value is -2.24. The van der Waals surface area contributed by atoms with Crippen LogP contribution < -0.4 is 15.0 Å². The molecule has 1 saturated heterocycles. The minimum atomic E-state index is 0.102. The number of ether oxygens (including phenoxy) is 2. The largest absolute Gasteiger partial charge is 0.494 e. The monoisotopic (exact) mass is 402 g/mol. The van der Waals surface area contributed by atoms with E-state index < -0.39 is 0 Å². The summed E-state index contributed by atoms with van der Waals surface area (Å²) in [7, 11) is 0. The maximum absolute atomic E-state index is 12.4. The minimum Gasteiger partial charge on any atom is -0.494 e. The van der Waals surface area contributed by atoms with Gasteiger partial charge in [-0.3, -0.25) is 4.79 Å². The molecule has 2 aromatic carbocycles. The number of hydrogen-bond donors (Lipinski definition) is 1. The summed E-state index contributed by atoms with van der Waals surface area (Å²) in [6.45, 7) is 6.46. The van der Waals surface area contributed by atoms with Gasteiger partial charge in [0.25, 0.3) is 0 Å². The fourth-order valence-electron chi connectivity index (χ4n) is 3.10. The molecule has 1 aliphatic rings. The van der Waals surface area contributed by atoms with Crippen LogP contribution in [-0.4, -0.2) is 45.2 Å². The Morgan fingerprint density at radius 3 is 2.61 bits per heavy atom. The number of Topliss-reactive ketones (excluding diaryl/α,β-unsaturated/α-hetero) is 1. The number of carbonyl (C=O) groups is 1. The summed E-state index contributed by atoms with van der Waals surface area (Å²) in [5.74, 6) is 0.900. The van der Waals surface area contributed by atoms with Crippen LogP contribution in [0.1, 0.15) is 30.1 Å². The summed E-state index contributed by atoms with van der Waals surface area (Å²) in [5, 5.41) is 3.99. The van der Waals surface area contributed by atoms with Crippen molar-refractivity contribution in [2.45, 2.75) is 19.8 Å². The lowest BCUT2D eigenvalue weighted by Crippen LogP contribution is -2.36. The lowest BCUT2D eigenvalue weighted by molar-refractivity contribution is 0.0986. The summed E-state index contributed by atoms with van der Waals surface area (Å²) in [6.07, 6.45) is 1.38. The molecule has 6 heteroatoms. The van der Waals surface area contributed by atoms with Crippen molar-refractivity contribution in [1.29, 1.82) is 0 Å². The van der Waals surface area contributed by atoms with E-state index in [4.69, 9.17) is 21.1 Å². The molecule has 0 bridgehead atoms. The molecule has 1 heterocycles. The zero-order valence-electron chi connectivity index (χ0n) is 16.2. The van der Waals surface area contributed by atoms with Crippen LogP contribution in [0.15, 0.2) is 42.5 Å². The van der Waals surface area contributed by atoms with Crippen LogP contribution in [0.3, 0.4) is 0 Å². The van der Waals surface area contributed by atoms with Crippen molar-refractivity contribution in [2.24, 2.45) is 0 Å². The molecule has 0 aromatic heterocycles. The SMILES string of the molecule is CCCOc1ccc(C(=O)CCNc2ccc(N3CCOCC3)c(Cl)c2)cc1. The molecule has 3 rings (SSSR count). The maximum Gasteiger partial charge on any atom is 0.164 e. The Kier molecular flexibility index (Phi) is 7.57. The Bertz CT molecular complexity index is 774. The summed E-state index contributed by atoms with van der Waals surface area (Å²) >= 11 is 6.45. The van der Waals surface area contributed by atoms with Gasteiger partial charge >= 0.3 is 0 Å². The van der Waals surface area contributed by atoms with E-state index in [2.05, 4.69) is 17.1 Å². The van der Waals surface area contributed by atoms with Crippen LogP contribution in [0.4, 0.5) is 11.4 Å². The molecule has 0 unspecified atom stereocenters. The van der Waals surface area contributed by atoms with E-state index in [1.54, 1.807) is 0 Å². The number of nitrogens with zero attached hydrogens (tertiary/aromatic N) is 1. The Labute approximate surface area is 171 Å². The lowest BCUT2D eigenvalue weighted by Gasteiger charge is -2.29. The number of carbonyl (C=O) groups excluding carboxylic acids is 1. The number of benzene rings is 2. The second-order valence-corrected chi connectivity index (χ2v) is 7.15. The first-order chi connectivity index (χ1) is 13.7. The van der Waals surface area contributed by atoms with E-state index in [0.29, 0.717) is 30.2 Å². The number of morpholine rings is 1. The van der Waals surface area contributed by atoms with E-state index in [9.17, 15) is 4.79 Å². The number of nitrogens with one attached hydrogen (secondary N) is 1. The van der Waals surface area contributed by atoms with Crippen molar-refractivity contribution in [2.75, 3.05) is 49.7 Å². The number of anilines is 2. The van der Waals surface area contributed by atoms with Gasteiger partial charge in [0.15, 0.2) is 5.78 Å². The van der Waals surface area contributed by atoms with Crippen LogP contribution in [0.25, 0.3) is 0 Å². The molecular weight excluding hydrogens is 376 g/mol. The van der Waals surface area contributed by atoms with Gasteiger partial charge in [-0.25, -0.2) is 0 Å². The summed E-state index contributed by atoms with van der Waals surface area (Å²) in [5.41, 5.74) is 2.64. The molecule has 28 heavy (non-hydrogen) atoms. The lowest BCUT2D eigenvalue weighted by atomic mass is 10.1. The van der Waals surface area contributed by atoms with E-state index in [0.717, 1.165) is 49.8 Å². The molecule has 0 radical (unpaired) electrons. The first-order valence-electron chi connectivity index (χ1n) is 9.79. The fraction of sp³-hybridized carbons (Fsp3) is 0.409. The quantitative estimate of drug-likeness (QED) is 0.618. The van der Waals surface area contributed by atoms with E-state index in [1.165, 1.54) is 0 Å². The van der Waals surface area contributed by atoms with Gasteiger partial charge in [0.2, 0.25) is 0 Å². The van der Waals surface area contributed by atoms with Crippen LogP contribution in [-0.2, 0) is 4.74 Å². The highest BCUT2D eigenvalue weighted by Gasteiger charge is 2.14. The van der Waals surface area contributed by atoms with Crippen molar-refractivity contribution < 1.29 is 14.3 Å². The topological polar surface area (TPSA) is 50.8 Å². The highest BCUT2D eigenvalue weighted by molar-refractivity contribution is 6.33. The average molecular weight is 403 g/mol. The fourth-order valence-corrected chi connectivity index (χ4v) is 3.40. The van der Waals surface area contributed by atoms with Crippen molar-refractivity contribution in [3.63, 3.8) is 0 Å². The zero-order valence-corrected chi connectivity index (χ0v) is 17.0. The van der Waals surface area contributed by atoms with E-state index >= 15 is 0 Å². The highest BCUT2D eigenvalue weighted by atomic mass is 35.5. The number of halogens is 1. The maximum atomic E-state index is 12.4. The zero-order chi connectivity index (χ0) is 19.8. The molecule has 2 aromatic rings. The highest BCUT2D eigenvalue weighted by Crippen LogP contribution is 2.29. The van der Waals surface area contributed by atoms with Gasteiger partial charge in [-0.2, -0.15) is 0 Å². The molecule has 0 spiro atoms. The standard InChI is InChI=1S/C22H27ClN2O3/c1-2-13-28-19-6-3-17(4-7-19)22(26)9-10-24-18-5-8-21(20(23)16-18)25-11-14-27-15-12-25/h3-8,16,24H,2,9-15H2,1H3. The normalized spacial score (nSPS) is 14.0. The van der Waals surface area contributed by atoms with Crippen molar-refractivity contribution >= 4 is 28.8 Å². The molecule has 0 amide bonds. The van der Waals surface area contributed by atoms with Gasteiger partial charge in [0.1, 0.15) is 5.75 Å². The minimum absolute atomic E-state index is 0.102. The Morgan fingerprint density at radius 1 is 1.18 bits per heavy atom. The Morgan fingerprint density at radius 2 is 1.93 bits per heavy atom. The van der Waals surface area contributed by atoms with E-state index in [1.807, 2.05) is 42.5 Å². The van der Waals surface area contributed by atoms with Gasteiger partial charge in [-0.05, 0) is 48.9 Å². The van der Waals surface area contributed by atoms with Crippen molar-refractivity contribution in [1.82, 2.24) is 0 Å². The third kappa shape index (κ3) is 5.63. The van der Waals surface area contributed by atoms with Crippen LogP contribution >= 0.6 is 11.6 Å². The van der Waals surface area contributed by atoms with Crippen molar-refractivity contribution in [3.8, 4) is 5.75 Å². The van der Waals surface area contributed by atoms with Gasteiger partial charge in [0.05, 0.1) is 30.5 Å². The smallest absolute Gasteiger partial charge is 0.164 e. The second-order valence-electron chi connectivity index (χ2n) is 6.74. The average Bonchev–Trinajstić information content (AvgIpc) is 2.73. The first-order valence-corrected chi connectivity index (χ1v) is 10.2. The van der Waals surface area contributed by atoms with Gasteiger partial charge in [-0.1, -0.05) is 18.5 Å². The molecule has 150 valence electrons. The molecular formula is C22H27ClN2O3. The Balaban J connectivity index is 1.49. The van der Waals surface area contributed by atoms with Gasteiger partial charge in [0, 0.05) is 37.3 Å². The van der Waals surface area contributed by atoms with Gasteiger partial charge in [-0.15, -0.1) is 0 Å². The number of ketones is 1. The van der Waals surface area contributed by atoms with E-state index in [-0.39, 0.29) is 5.78 Å². The molecule has 1 fully saturated rings. The number of hydrogen-bond acceptors (Lipinski definition) is 5. The molecule has 0 aliphatic carbocycles. The third-order valence-corrected chi connectivity index (χ3v) is 4.93. The first kappa shape index (κ1) is 20.5. The van der Waals surface area contributed by atoms with Crippen LogP contribution in [0, 0.1) is 0 Å². The predicted molar refractivity (Wildman–Crippen MR) is 114 cm³/mol. The third-order valence-electron chi connectivity index (χ3n) is 4.63. The van der Waals surface area contributed by atoms with Gasteiger partial charge < -0.3 is 19.7 Å². The number of rotatable bonds is 9. The summed E-state index contributed by atoms with van der Waals surface area (Å²) in [6, 6.07) is 13.3. The van der Waals surface area contributed by atoms with Crippen LogP contribution in [0.5, 0.6) is 5.75 Å². The summed E-state index contributed by atoms with van der Waals surface area (Å²) in [4.78, 5) is 14.6. The molecule has 1 N–H and O–H groups in total.